The molecule has 3 heteroatoms. The molecule has 0 saturated carbocycles. The van der Waals surface area contributed by atoms with Crippen molar-refractivity contribution in [3.63, 3.8) is 0 Å². The number of piperidine rings is 1. The van der Waals surface area contributed by atoms with Gasteiger partial charge in [-0.25, -0.2) is 4.39 Å². The molecule has 0 radical (unpaired) electrons. The van der Waals surface area contributed by atoms with E-state index in [9.17, 15) is 9.50 Å². The van der Waals surface area contributed by atoms with E-state index in [4.69, 9.17) is 0 Å². The Bertz CT molecular complexity index is 411. The second-order valence-electron chi connectivity index (χ2n) is 5.58. The molecule has 0 bridgehead atoms. The Morgan fingerprint density at radius 2 is 2.22 bits per heavy atom. The quantitative estimate of drug-likeness (QED) is 0.865. The molecular formula is C15H22FNO. The van der Waals surface area contributed by atoms with Gasteiger partial charge in [0.2, 0.25) is 0 Å². The predicted octanol–water partition coefficient (Wildman–Crippen LogP) is 2.87. The van der Waals surface area contributed by atoms with Crippen molar-refractivity contribution in [3.05, 3.63) is 35.1 Å². The Morgan fingerprint density at radius 3 is 2.83 bits per heavy atom. The van der Waals surface area contributed by atoms with Gasteiger partial charge in [0, 0.05) is 6.04 Å². The zero-order valence-corrected chi connectivity index (χ0v) is 11.2. The number of aliphatic hydroxyl groups is 1. The van der Waals surface area contributed by atoms with E-state index in [1.807, 2.05) is 13.8 Å². The Labute approximate surface area is 108 Å². The van der Waals surface area contributed by atoms with Crippen LogP contribution in [0.25, 0.3) is 0 Å². The summed E-state index contributed by atoms with van der Waals surface area (Å²) in [6.45, 7) is 4.70. The fourth-order valence-electron chi connectivity index (χ4n) is 2.92. The number of aryl methyl sites for hydroxylation is 1. The van der Waals surface area contributed by atoms with Crippen LogP contribution < -0.4 is 5.32 Å². The Balaban J connectivity index is 2.13. The van der Waals surface area contributed by atoms with E-state index in [1.165, 1.54) is 25.0 Å². The van der Waals surface area contributed by atoms with Crippen molar-refractivity contribution in [3.8, 4) is 0 Å². The van der Waals surface area contributed by atoms with Crippen LogP contribution in [-0.4, -0.2) is 17.7 Å². The minimum Gasteiger partial charge on any atom is -0.385 e. The van der Waals surface area contributed by atoms with Gasteiger partial charge in [-0.1, -0.05) is 12.5 Å². The molecule has 2 N–H and O–H groups in total. The van der Waals surface area contributed by atoms with Crippen molar-refractivity contribution < 1.29 is 9.50 Å². The molecule has 1 aliphatic heterocycles. The topological polar surface area (TPSA) is 32.3 Å². The first-order chi connectivity index (χ1) is 8.49. The summed E-state index contributed by atoms with van der Waals surface area (Å²) in [7, 11) is 0. The van der Waals surface area contributed by atoms with Crippen molar-refractivity contribution in [2.45, 2.75) is 51.2 Å². The lowest BCUT2D eigenvalue weighted by molar-refractivity contribution is 0.0326. The molecule has 2 atom stereocenters. The molecular weight excluding hydrogens is 229 g/mol. The van der Waals surface area contributed by atoms with Crippen molar-refractivity contribution in [2.75, 3.05) is 6.54 Å². The average molecular weight is 251 g/mol. The lowest BCUT2D eigenvalue weighted by atomic mass is 9.84. The van der Waals surface area contributed by atoms with Gasteiger partial charge in [-0.15, -0.1) is 0 Å². The van der Waals surface area contributed by atoms with Gasteiger partial charge in [0.25, 0.3) is 0 Å². The van der Waals surface area contributed by atoms with E-state index in [0.29, 0.717) is 12.5 Å². The molecule has 2 nitrogen and oxygen atoms in total. The molecule has 2 unspecified atom stereocenters. The molecule has 1 heterocycles. The van der Waals surface area contributed by atoms with E-state index >= 15 is 0 Å². The molecule has 18 heavy (non-hydrogen) atoms. The molecule has 1 fully saturated rings. The van der Waals surface area contributed by atoms with Gasteiger partial charge in [-0.3, -0.25) is 0 Å². The predicted molar refractivity (Wildman–Crippen MR) is 71.0 cm³/mol. The van der Waals surface area contributed by atoms with Crippen LogP contribution in [0.2, 0.25) is 0 Å². The number of hydrogen-bond acceptors (Lipinski definition) is 2. The third-order valence-corrected chi connectivity index (χ3v) is 3.82. The third kappa shape index (κ3) is 3.09. The molecule has 0 spiro atoms. The molecule has 0 aliphatic carbocycles. The minimum absolute atomic E-state index is 0.247. The van der Waals surface area contributed by atoms with Gasteiger partial charge in [-0.2, -0.15) is 0 Å². The van der Waals surface area contributed by atoms with E-state index in [-0.39, 0.29) is 5.82 Å². The number of rotatable bonds is 3. The Morgan fingerprint density at radius 1 is 1.44 bits per heavy atom. The Kier molecular flexibility index (Phi) is 4.03. The standard InChI is InChI=1S/C15H22FNO/c1-11-9-12(16)6-7-14(11)15(2,18)10-13-5-3-4-8-17-13/h6-7,9,13,17-18H,3-5,8,10H2,1-2H3. The lowest BCUT2D eigenvalue weighted by Crippen LogP contribution is -2.40. The zero-order valence-electron chi connectivity index (χ0n) is 11.2. The third-order valence-electron chi connectivity index (χ3n) is 3.82. The van der Waals surface area contributed by atoms with Gasteiger partial charge in [-0.05, 0) is 62.9 Å². The summed E-state index contributed by atoms with van der Waals surface area (Å²) < 4.78 is 13.1. The maximum absolute atomic E-state index is 13.1. The normalized spacial score (nSPS) is 23.7. The minimum atomic E-state index is -0.896. The van der Waals surface area contributed by atoms with Crippen molar-refractivity contribution in [1.29, 1.82) is 0 Å². The molecule has 1 aliphatic rings. The molecule has 1 aromatic carbocycles. The van der Waals surface area contributed by atoms with Crippen LogP contribution in [0.1, 0.15) is 43.7 Å². The fraction of sp³-hybridized carbons (Fsp3) is 0.600. The molecule has 2 rings (SSSR count). The average Bonchev–Trinajstić information content (AvgIpc) is 2.29. The van der Waals surface area contributed by atoms with Crippen molar-refractivity contribution >= 4 is 0 Å². The second kappa shape index (κ2) is 5.37. The summed E-state index contributed by atoms with van der Waals surface area (Å²) in [4.78, 5) is 0. The van der Waals surface area contributed by atoms with Gasteiger partial charge >= 0.3 is 0 Å². The number of nitrogens with one attached hydrogen (secondary N) is 1. The summed E-state index contributed by atoms with van der Waals surface area (Å²) >= 11 is 0. The van der Waals surface area contributed by atoms with Gasteiger partial charge < -0.3 is 10.4 Å². The van der Waals surface area contributed by atoms with Crippen LogP contribution in [0.5, 0.6) is 0 Å². The molecule has 0 amide bonds. The molecule has 1 saturated heterocycles. The zero-order chi connectivity index (χ0) is 13.2. The number of hydrogen-bond donors (Lipinski definition) is 2. The summed E-state index contributed by atoms with van der Waals surface area (Å²) in [5, 5.41) is 14.1. The number of halogens is 1. The van der Waals surface area contributed by atoms with Gasteiger partial charge in [0.15, 0.2) is 0 Å². The van der Waals surface area contributed by atoms with Crippen LogP contribution in [0.3, 0.4) is 0 Å². The highest BCUT2D eigenvalue weighted by Crippen LogP contribution is 2.30. The fourth-order valence-corrected chi connectivity index (χ4v) is 2.92. The van der Waals surface area contributed by atoms with Crippen LogP contribution >= 0.6 is 0 Å². The summed E-state index contributed by atoms with van der Waals surface area (Å²) in [6, 6.07) is 4.97. The summed E-state index contributed by atoms with van der Waals surface area (Å²) in [5.41, 5.74) is 0.749. The van der Waals surface area contributed by atoms with Crippen LogP contribution in [0.4, 0.5) is 4.39 Å². The molecule has 1 aromatic rings. The monoisotopic (exact) mass is 251 g/mol. The Hall–Kier alpha value is -0.930. The van der Waals surface area contributed by atoms with Gasteiger partial charge in [0.1, 0.15) is 5.82 Å². The highest BCUT2D eigenvalue weighted by atomic mass is 19.1. The van der Waals surface area contributed by atoms with Crippen LogP contribution in [0, 0.1) is 12.7 Å². The number of benzene rings is 1. The van der Waals surface area contributed by atoms with Crippen molar-refractivity contribution in [1.82, 2.24) is 5.32 Å². The second-order valence-corrected chi connectivity index (χ2v) is 5.58. The highest BCUT2D eigenvalue weighted by Gasteiger charge is 2.29. The van der Waals surface area contributed by atoms with Crippen molar-refractivity contribution in [2.24, 2.45) is 0 Å². The lowest BCUT2D eigenvalue weighted by Gasteiger charge is -2.32. The van der Waals surface area contributed by atoms with Crippen LogP contribution in [-0.2, 0) is 5.60 Å². The molecule has 0 aromatic heterocycles. The van der Waals surface area contributed by atoms with Crippen LogP contribution in [0.15, 0.2) is 18.2 Å². The highest BCUT2D eigenvalue weighted by molar-refractivity contribution is 5.31. The van der Waals surface area contributed by atoms with E-state index in [0.717, 1.165) is 24.1 Å². The molecule has 100 valence electrons. The maximum atomic E-state index is 13.1. The SMILES string of the molecule is Cc1cc(F)ccc1C(C)(O)CC1CCCCN1. The van der Waals surface area contributed by atoms with E-state index < -0.39 is 5.60 Å². The smallest absolute Gasteiger partial charge is 0.123 e. The van der Waals surface area contributed by atoms with E-state index in [1.54, 1.807) is 6.07 Å². The first-order valence-corrected chi connectivity index (χ1v) is 6.71. The summed E-state index contributed by atoms with van der Waals surface area (Å²) in [5.74, 6) is -0.247. The first kappa shape index (κ1) is 13.5. The summed E-state index contributed by atoms with van der Waals surface area (Å²) in [6.07, 6.45) is 4.22. The van der Waals surface area contributed by atoms with Gasteiger partial charge in [0.05, 0.1) is 5.60 Å². The van der Waals surface area contributed by atoms with E-state index in [2.05, 4.69) is 5.32 Å². The maximum Gasteiger partial charge on any atom is 0.123 e. The first-order valence-electron chi connectivity index (χ1n) is 6.71. The largest absolute Gasteiger partial charge is 0.385 e.